The Balaban J connectivity index is 2.05. The number of rotatable bonds is 5. The third-order valence-electron chi connectivity index (χ3n) is 3.02. The molecule has 4 heteroatoms. The molecule has 98 valence electrons. The molecule has 0 aliphatic carbocycles. The molecule has 0 amide bonds. The Labute approximate surface area is 108 Å². The molecule has 4 nitrogen and oxygen atoms in total. The van der Waals surface area contributed by atoms with E-state index in [1.807, 2.05) is 6.92 Å². The molecule has 2 aromatic rings. The highest BCUT2D eigenvalue weighted by atomic mass is 15.1. The third kappa shape index (κ3) is 3.01. The second kappa shape index (κ2) is 5.40. The highest BCUT2D eigenvalue weighted by molar-refractivity contribution is 5.79. The number of benzene rings is 1. The quantitative estimate of drug-likeness (QED) is 0.851. The van der Waals surface area contributed by atoms with Gasteiger partial charge in [-0.05, 0) is 25.1 Å². The average Bonchev–Trinajstić information content (AvgIpc) is 2.67. The molecule has 0 saturated heterocycles. The first kappa shape index (κ1) is 12.9. The van der Waals surface area contributed by atoms with Gasteiger partial charge in [0.15, 0.2) is 0 Å². The van der Waals surface area contributed by atoms with E-state index in [2.05, 4.69) is 59.3 Å². The topological polar surface area (TPSA) is 44.0 Å². The monoisotopic (exact) mass is 246 g/mol. The number of nitrogens with one attached hydrogen (secondary N) is 2. The Bertz CT molecular complexity index is 515. The van der Waals surface area contributed by atoms with Crippen molar-refractivity contribution in [2.24, 2.45) is 0 Å². The number of anilines is 1. The number of H-pyrrole nitrogens is 1. The van der Waals surface area contributed by atoms with E-state index in [-0.39, 0.29) is 0 Å². The Hall–Kier alpha value is -1.55. The van der Waals surface area contributed by atoms with Crippen LogP contribution in [-0.2, 0) is 0 Å². The van der Waals surface area contributed by atoms with Crippen LogP contribution in [0.3, 0.4) is 0 Å². The van der Waals surface area contributed by atoms with Crippen molar-refractivity contribution in [2.75, 3.05) is 25.0 Å². The first-order valence-corrected chi connectivity index (χ1v) is 6.47. The Morgan fingerprint density at radius 2 is 2.17 bits per heavy atom. The van der Waals surface area contributed by atoms with Crippen molar-refractivity contribution in [2.45, 2.75) is 26.8 Å². The SMILES string of the molecule is Cc1nc2ccc(N(C)CCNC(C)C)cc2[nH]1. The molecule has 0 unspecified atom stereocenters. The summed E-state index contributed by atoms with van der Waals surface area (Å²) in [6, 6.07) is 6.89. The van der Waals surface area contributed by atoms with E-state index in [9.17, 15) is 0 Å². The first-order valence-electron chi connectivity index (χ1n) is 6.47. The fourth-order valence-electron chi connectivity index (χ4n) is 2.01. The zero-order chi connectivity index (χ0) is 13.1. The van der Waals surface area contributed by atoms with E-state index in [1.54, 1.807) is 0 Å². The van der Waals surface area contributed by atoms with E-state index < -0.39 is 0 Å². The molecule has 0 aliphatic rings. The van der Waals surface area contributed by atoms with E-state index in [1.165, 1.54) is 5.69 Å². The van der Waals surface area contributed by atoms with Gasteiger partial charge in [-0.25, -0.2) is 4.98 Å². The van der Waals surface area contributed by atoms with E-state index in [0.29, 0.717) is 6.04 Å². The number of aromatic nitrogens is 2. The van der Waals surface area contributed by atoms with E-state index >= 15 is 0 Å². The van der Waals surface area contributed by atoms with Crippen LogP contribution in [0.5, 0.6) is 0 Å². The summed E-state index contributed by atoms with van der Waals surface area (Å²) in [5.74, 6) is 0.964. The maximum atomic E-state index is 4.41. The maximum absolute atomic E-state index is 4.41. The lowest BCUT2D eigenvalue weighted by Gasteiger charge is -2.20. The molecule has 1 aromatic carbocycles. The van der Waals surface area contributed by atoms with Crippen molar-refractivity contribution < 1.29 is 0 Å². The van der Waals surface area contributed by atoms with Gasteiger partial charge in [0.1, 0.15) is 5.82 Å². The predicted molar refractivity (Wildman–Crippen MR) is 77.2 cm³/mol. The van der Waals surface area contributed by atoms with Gasteiger partial charge < -0.3 is 15.2 Å². The zero-order valence-electron chi connectivity index (χ0n) is 11.6. The minimum absolute atomic E-state index is 0.538. The van der Waals surface area contributed by atoms with Gasteiger partial charge >= 0.3 is 0 Å². The molecule has 2 rings (SSSR count). The van der Waals surface area contributed by atoms with Crippen LogP contribution in [-0.4, -0.2) is 36.1 Å². The van der Waals surface area contributed by atoms with Crippen LogP contribution in [0.15, 0.2) is 18.2 Å². The van der Waals surface area contributed by atoms with Gasteiger partial charge in [-0.3, -0.25) is 0 Å². The van der Waals surface area contributed by atoms with Crippen molar-refractivity contribution in [3.8, 4) is 0 Å². The minimum Gasteiger partial charge on any atom is -0.373 e. The second-order valence-electron chi connectivity index (χ2n) is 5.05. The summed E-state index contributed by atoms with van der Waals surface area (Å²) in [5.41, 5.74) is 3.36. The summed E-state index contributed by atoms with van der Waals surface area (Å²) >= 11 is 0. The highest BCUT2D eigenvalue weighted by Gasteiger charge is 2.04. The summed E-state index contributed by atoms with van der Waals surface area (Å²) < 4.78 is 0. The first-order chi connectivity index (χ1) is 8.56. The normalized spacial score (nSPS) is 11.4. The molecule has 0 saturated carbocycles. The van der Waals surface area contributed by atoms with Gasteiger partial charge in [0.25, 0.3) is 0 Å². The molecule has 18 heavy (non-hydrogen) atoms. The van der Waals surface area contributed by atoms with Crippen LogP contribution in [0.25, 0.3) is 11.0 Å². The van der Waals surface area contributed by atoms with Crippen molar-refractivity contribution in [3.63, 3.8) is 0 Å². The number of nitrogens with zero attached hydrogens (tertiary/aromatic N) is 2. The van der Waals surface area contributed by atoms with E-state index in [4.69, 9.17) is 0 Å². The third-order valence-corrected chi connectivity index (χ3v) is 3.02. The lowest BCUT2D eigenvalue weighted by Crippen LogP contribution is -2.32. The summed E-state index contributed by atoms with van der Waals surface area (Å²) in [4.78, 5) is 9.94. The fourth-order valence-corrected chi connectivity index (χ4v) is 2.01. The van der Waals surface area contributed by atoms with Gasteiger partial charge in [-0.2, -0.15) is 0 Å². The van der Waals surface area contributed by atoms with Crippen LogP contribution in [0, 0.1) is 6.92 Å². The van der Waals surface area contributed by atoms with Gasteiger partial charge in [-0.15, -0.1) is 0 Å². The average molecular weight is 246 g/mol. The van der Waals surface area contributed by atoms with Crippen LogP contribution in [0.1, 0.15) is 19.7 Å². The van der Waals surface area contributed by atoms with Crippen molar-refractivity contribution in [1.82, 2.24) is 15.3 Å². The number of hydrogen-bond acceptors (Lipinski definition) is 3. The molecule has 0 fully saturated rings. The predicted octanol–water partition coefficient (Wildman–Crippen LogP) is 2.31. The Kier molecular flexibility index (Phi) is 3.87. The highest BCUT2D eigenvalue weighted by Crippen LogP contribution is 2.19. The van der Waals surface area contributed by atoms with Crippen LogP contribution in [0.4, 0.5) is 5.69 Å². The molecular weight excluding hydrogens is 224 g/mol. The standard InChI is InChI=1S/C14H22N4/c1-10(2)15-7-8-18(4)12-5-6-13-14(9-12)17-11(3)16-13/h5-6,9-10,15H,7-8H2,1-4H3,(H,16,17). The van der Waals surface area contributed by atoms with Gasteiger partial charge in [0.05, 0.1) is 11.0 Å². The molecular formula is C14H22N4. The summed E-state index contributed by atoms with van der Waals surface area (Å²) in [5, 5.41) is 3.43. The van der Waals surface area contributed by atoms with Crippen molar-refractivity contribution in [3.05, 3.63) is 24.0 Å². The number of aryl methyl sites for hydroxylation is 1. The number of likely N-dealkylation sites (N-methyl/N-ethyl adjacent to an activating group) is 1. The lowest BCUT2D eigenvalue weighted by molar-refractivity contribution is 0.589. The molecule has 1 heterocycles. The molecule has 0 spiro atoms. The smallest absolute Gasteiger partial charge is 0.104 e. The number of aromatic amines is 1. The van der Waals surface area contributed by atoms with E-state index in [0.717, 1.165) is 29.9 Å². The van der Waals surface area contributed by atoms with Gasteiger partial charge in [-0.1, -0.05) is 13.8 Å². The van der Waals surface area contributed by atoms with Crippen molar-refractivity contribution >= 4 is 16.7 Å². The summed E-state index contributed by atoms with van der Waals surface area (Å²) in [6.07, 6.45) is 0. The molecule has 2 N–H and O–H groups in total. The number of fused-ring (bicyclic) bond motifs is 1. The Morgan fingerprint density at radius 3 is 2.89 bits per heavy atom. The van der Waals surface area contributed by atoms with Gasteiger partial charge in [0.2, 0.25) is 0 Å². The largest absolute Gasteiger partial charge is 0.373 e. The minimum atomic E-state index is 0.538. The molecule has 0 bridgehead atoms. The second-order valence-corrected chi connectivity index (χ2v) is 5.05. The fraction of sp³-hybridized carbons (Fsp3) is 0.500. The number of imidazole rings is 1. The van der Waals surface area contributed by atoms with Crippen LogP contribution in [0.2, 0.25) is 0 Å². The molecule has 0 aliphatic heterocycles. The maximum Gasteiger partial charge on any atom is 0.104 e. The van der Waals surface area contributed by atoms with Gasteiger partial charge in [0, 0.05) is 31.9 Å². The molecule has 1 aromatic heterocycles. The van der Waals surface area contributed by atoms with Crippen LogP contribution >= 0.6 is 0 Å². The Morgan fingerprint density at radius 1 is 1.39 bits per heavy atom. The summed E-state index contributed by atoms with van der Waals surface area (Å²) in [7, 11) is 2.12. The zero-order valence-corrected chi connectivity index (χ0v) is 11.6. The molecule has 0 radical (unpaired) electrons. The van der Waals surface area contributed by atoms with Crippen molar-refractivity contribution in [1.29, 1.82) is 0 Å². The number of hydrogen-bond donors (Lipinski definition) is 2. The lowest BCUT2D eigenvalue weighted by atomic mass is 10.2. The van der Waals surface area contributed by atoms with Crippen LogP contribution < -0.4 is 10.2 Å². The summed E-state index contributed by atoms with van der Waals surface area (Å²) in [6.45, 7) is 8.31. The molecule has 0 atom stereocenters.